The molecule has 74 valence electrons. The second kappa shape index (κ2) is 3.67. The molecule has 1 aromatic carbocycles. The van der Waals surface area contributed by atoms with Gasteiger partial charge in [-0.3, -0.25) is 4.68 Å². The fourth-order valence-corrected chi connectivity index (χ4v) is 1.65. The van der Waals surface area contributed by atoms with Gasteiger partial charge in [-0.1, -0.05) is 0 Å². The quantitative estimate of drug-likeness (QED) is 0.894. The summed E-state index contributed by atoms with van der Waals surface area (Å²) in [5.74, 6) is -0.327. The Kier molecular flexibility index (Phi) is 2.52. The van der Waals surface area contributed by atoms with E-state index >= 15 is 0 Å². The second-order valence-electron chi connectivity index (χ2n) is 2.94. The minimum atomic E-state index is -0.327. The number of nitrogens with zero attached hydrogens (tertiary/aromatic N) is 2. The van der Waals surface area contributed by atoms with Gasteiger partial charge in [0, 0.05) is 17.6 Å². The number of aromatic nitrogens is 2. The van der Waals surface area contributed by atoms with Crippen molar-refractivity contribution in [2.45, 2.75) is 6.54 Å². The van der Waals surface area contributed by atoms with Crippen molar-refractivity contribution < 1.29 is 9.50 Å². The van der Waals surface area contributed by atoms with Crippen molar-refractivity contribution in [2.75, 3.05) is 6.61 Å². The Bertz CT molecular complexity index is 430. The van der Waals surface area contributed by atoms with E-state index in [0.717, 1.165) is 5.39 Å². The highest BCUT2D eigenvalue weighted by atomic mass is 79.9. The Morgan fingerprint density at radius 3 is 3.00 bits per heavy atom. The fraction of sp³-hybridized carbons (Fsp3) is 0.222. The van der Waals surface area contributed by atoms with Crippen LogP contribution in [0.2, 0.25) is 0 Å². The van der Waals surface area contributed by atoms with E-state index < -0.39 is 0 Å². The highest BCUT2D eigenvalue weighted by molar-refractivity contribution is 9.10. The van der Waals surface area contributed by atoms with Crippen LogP contribution >= 0.6 is 15.9 Å². The van der Waals surface area contributed by atoms with Gasteiger partial charge in [-0.05, 0) is 22.0 Å². The second-order valence-corrected chi connectivity index (χ2v) is 3.80. The van der Waals surface area contributed by atoms with Crippen LogP contribution in [-0.4, -0.2) is 21.5 Å². The van der Waals surface area contributed by atoms with Crippen LogP contribution in [0.5, 0.6) is 0 Å². The zero-order chi connectivity index (χ0) is 10.1. The summed E-state index contributed by atoms with van der Waals surface area (Å²) in [7, 11) is 0. The molecule has 0 aliphatic carbocycles. The van der Waals surface area contributed by atoms with Gasteiger partial charge in [-0.25, -0.2) is 4.39 Å². The Balaban J connectivity index is 2.54. The van der Waals surface area contributed by atoms with Crippen molar-refractivity contribution >= 4 is 26.8 Å². The van der Waals surface area contributed by atoms with Gasteiger partial charge >= 0.3 is 0 Å². The zero-order valence-corrected chi connectivity index (χ0v) is 8.83. The molecule has 2 aromatic rings. The molecule has 0 atom stereocenters. The molecular weight excluding hydrogens is 251 g/mol. The summed E-state index contributed by atoms with van der Waals surface area (Å²) < 4.78 is 15.1. The van der Waals surface area contributed by atoms with Crippen LogP contribution < -0.4 is 0 Å². The smallest absolute Gasteiger partial charge is 0.139 e. The van der Waals surface area contributed by atoms with Crippen LogP contribution in [0.15, 0.2) is 22.8 Å². The van der Waals surface area contributed by atoms with Gasteiger partial charge < -0.3 is 5.11 Å². The number of rotatable bonds is 2. The number of hydrogen-bond acceptors (Lipinski definition) is 2. The van der Waals surface area contributed by atoms with Gasteiger partial charge in [0.05, 0.1) is 23.1 Å². The average Bonchev–Trinajstić information content (AvgIpc) is 2.48. The van der Waals surface area contributed by atoms with Crippen molar-refractivity contribution in [3.63, 3.8) is 0 Å². The van der Waals surface area contributed by atoms with E-state index in [9.17, 15) is 4.39 Å². The van der Waals surface area contributed by atoms with E-state index in [1.54, 1.807) is 16.9 Å². The molecule has 0 saturated heterocycles. The van der Waals surface area contributed by atoms with Crippen LogP contribution in [0.4, 0.5) is 4.39 Å². The first kappa shape index (κ1) is 9.61. The summed E-state index contributed by atoms with van der Waals surface area (Å²) in [5, 5.41) is 13.7. The van der Waals surface area contributed by atoms with Crippen molar-refractivity contribution in [3.05, 3.63) is 28.6 Å². The molecule has 0 radical (unpaired) electrons. The Labute approximate surface area is 88.3 Å². The predicted molar refractivity (Wildman–Crippen MR) is 54.5 cm³/mol. The minimum absolute atomic E-state index is 0.0254. The first-order valence-electron chi connectivity index (χ1n) is 4.14. The molecule has 1 aromatic heterocycles. The molecule has 0 amide bonds. The normalized spacial score (nSPS) is 11.1. The highest BCUT2D eigenvalue weighted by Gasteiger charge is 2.05. The number of aliphatic hydroxyl groups excluding tert-OH is 1. The number of fused-ring (bicyclic) bond motifs is 1. The zero-order valence-electron chi connectivity index (χ0n) is 7.24. The van der Waals surface area contributed by atoms with Crippen molar-refractivity contribution in [1.82, 2.24) is 9.78 Å². The topological polar surface area (TPSA) is 38.0 Å². The maximum Gasteiger partial charge on any atom is 0.139 e. The molecule has 14 heavy (non-hydrogen) atoms. The lowest BCUT2D eigenvalue weighted by Crippen LogP contribution is -2.01. The van der Waals surface area contributed by atoms with Gasteiger partial charge in [0.1, 0.15) is 5.82 Å². The third-order valence-electron chi connectivity index (χ3n) is 1.92. The monoisotopic (exact) mass is 258 g/mol. The summed E-state index contributed by atoms with van der Waals surface area (Å²) in [4.78, 5) is 0. The maximum absolute atomic E-state index is 13.1. The lowest BCUT2D eigenvalue weighted by Gasteiger charge is -1.93. The summed E-state index contributed by atoms with van der Waals surface area (Å²) >= 11 is 3.10. The lowest BCUT2D eigenvalue weighted by molar-refractivity contribution is 0.270. The van der Waals surface area contributed by atoms with Crippen LogP contribution in [0.1, 0.15) is 0 Å². The molecule has 0 unspecified atom stereocenters. The maximum atomic E-state index is 13.1. The summed E-state index contributed by atoms with van der Waals surface area (Å²) in [6, 6.07) is 3.04. The minimum Gasteiger partial charge on any atom is -0.394 e. The molecule has 5 heteroatoms. The van der Waals surface area contributed by atoms with Gasteiger partial charge in [0.25, 0.3) is 0 Å². The van der Waals surface area contributed by atoms with E-state index in [-0.39, 0.29) is 12.4 Å². The number of benzene rings is 1. The first-order chi connectivity index (χ1) is 6.70. The van der Waals surface area contributed by atoms with Crippen LogP contribution in [0, 0.1) is 5.82 Å². The highest BCUT2D eigenvalue weighted by Crippen LogP contribution is 2.22. The fourth-order valence-electron chi connectivity index (χ4n) is 1.29. The van der Waals surface area contributed by atoms with E-state index in [0.29, 0.717) is 16.5 Å². The predicted octanol–water partition coefficient (Wildman–Crippen LogP) is 1.93. The number of halogens is 2. The SMILES string of the molecule is OCCn1cc2cc(Br)c(F)cc2n1. The van der Waals surface area contributed by atoms with E-state index in [2.05, 4.69) is 21.0 Å². The molecule has 0 bridgehead atoms. The third-order valence-corrected chi connectivity index (χ3v) is 2.53. The lowest BCUT2D eigenvalue weighted by atomic mass is 10.2. The average molecular weight is 259 g/mol. The summed E-state index contributed by atoms with van der Waals surface area (Å²) in [5.41, 5.74) is 0.596. The van der Waals surface area contributed by atoms with Gasteiger partial charge in [0.15, 0.2) is 0 Å². The Hall–Kier alpha value is -0.940. The molecule has 1 N–H and O–H groups in total. The Morgan fingerprint density at radius 1 is 1.50 bits per heavy atom. The number of hydrogen-bond donors (Lipinski definition) is 1. The first-order valence-corrected chi connectivity index (χ1v) is 4.93. The molecule has 3 nitrogen and oxygen atoms in total. The standard InChI is InChI=1S/C9H8BrFN2O/c10-7-3-6-5-13(1-2-14)12-9(6)4-8(7)11/h3-5,14H,1-2H2. The number of aliphatic hydroxyl groups is 1. The van der Waals surface area contributed by atoms with E-state index in [1.165, 1.54) is 6.07 Å². The third kappa shape index (κ3) is 1.65. The van der Waals surface area contributed by atoms with Gasteiger partial charge in [-0.15, -0.1) is 0 Å². The Morgan fingerprint density at radius 2 is 2.29 bits per heavy atom. The molecule has 2 rings (SSSR count). The van der Waals surface area contributed by atoms with E-state index in [1.807, 2.05) is 0 Å². The van der Waals surface area contributed by atoms with Crippen molar-refractivity contribution in [3.8, 4) is 0 Å². The van der Waals surface area contributed by atoms with Crippen molar-refractivity contribution in [2.24, 2.45) is 0 Å². The summed E-state index contributed by atoms with van der Waals surface area (Å²) in [6.07, 6.45) is 1.77. The van der Waals surface area contributed by atoms with Gasteiger partial charge in [-0.2, -0.15) is 5.10 Å². The van der Waals surface area contributed by atoms with Crippen LogP contribution in [-0.2, 0) is 6.54 Å². The van der Waals surface area contributed by atoms with E-state index in [4.69, 9.17) is 5.11 Å². The molecule has 0 aliphatic heterocycles. The van der Waals surface area contributed by atoms with Gasteiger partial charge in [0.2, 0.25) is 0 Å². The molecule has 1 heterocycles. The van der Waals surface area contributed by atoms with Crippen LogP contribution in [0.3, 0.4) is 0 Å². The van der Waals surface area contributed by atoms with Crippen LogP contribution in [0.25, 0.3) is 10.9 Å². The molecule has 0 aliphatic rings. The van der Waals surface area contributed by atoms with Crippen molar-refractivity contribution in [1.29, 1.82) is 0 Å². The molecule has 0 spiro atoms. The summed E-state index contributed by atoms with van der Waals surface area (Å²) in [6.45, 7) is 0.450. The molecule has 0 fully saturated rings. The largest absolute Gasteiger partial charge is 0.394 e. The molecule has 0 saturated carbocycles. The molecular formula is C9H8BrFN2O.